The van der Waals surface area contributed by atoms with Gasteiger partial charge in [-0.15, -0.1) is 0 Å². The summed E-state index contributed by atoms with van der Waals surface area (Å²) in [6.45, 7) is 16.5. The Morgan fingerprint density at radius 3 is 1.41 bits per heavy atom. The van der Waals surface area contributed by atoms with Crippen molar-refractivity contribution in [3.8, 4) is 0 Å². The summed E-state index contributed by atoms with van der Waals surface area (Å²) in [6, 6.07) is -11.8. The Bertz CT molecular complexity index is 1710. The van der Waals surface area contributed by atoms with Crippen molar-refractivity contribution in [1.82, 2.24) is 42.5 Å². The summed E-state index contributed by atoms with van der Waals surface area (Å²) in [6.07, 6.45) is -0.350. The van der Waals surface area contributed by atoms with Crippen LogP contribution in [0.1, 0.15) is 121 Å². The lowest BCUT2D eigenvalue weighted by molar-refractivity contribution is -0.144. The highest BCUT2D eigenvalue weighted by atomic mass is 32.1. The summed E-state index contributed by atoms with van der Waals surface area (Å²) in [5.41, 5.74) is 11.7. The number of carboxylic acid groups (broad SMARTS) is 2. The van der Waals surface area contributed by atoms with E-state index in [2.05, 4.69) is 55.2 Å². The lowest BCUT2D eigenvalue weighted by Gasteiger charge is -2.30. The van der Waals surface area contributed by atoms with Crippen molar-refractivity contribution < 1.29 is 63.3 Å². The van der Waals surface area contributed by atoms with Gasteiger partial charge in [-0.25, -0.2) is 4.79 Å². The Labute approximate surface area is 405 Å². The van der Waals surface area contributed by atoms with Crippen molar-refractivity contribution in [2.75, 3.05) is 12.3 Å². The molecule has 0 heterocycles. The molecule has 13 atom stereocenters. The fraction of sp³-hybridized carbons (Fsp3) is 0.773. The van der Waals surface area contributed by atoms with Crippen molar-refractivity contribution in [3.63, 3.8) is 0 Å². The number of rotatable bonds is 33. The van der Waals surface area contributed by atoms with Crippen LogP contribution in [-0.4, -0.2) is 147 Å². The smallest absolute Gasteiger partial charge is 0.326 e. The van der Waals surface area contributed by atoms with Crippen LogP contribution in [0.15, 0.2) is 0 Å². The summed E-state index contributed by atoms with van der Waals surface area (Å²) in [7, 11) is 0. The molecule has 0 aromatic heterocycles. The van der Waals surface area contributed by atoms with Crippen LogP contribution in [0.25, 0.3) is 0 Å². The highest BCUT2D eigenvalue weighted by Gasteiger charge is 2.37. The number of unbranched alkanes of at least 4 members (excludes halogenated alkanes) is 1. The molecule has 24 heteroatoms. The zero-order valence-electron chi connectivity index (χ0n) is 41.2. The van der Waals surface area contributed by atoms with Crippen LogP contribution < -0.4 is 54.0 Å². The van der Waals surface area contributed by atoms with Crippen molar-refractivity contribution in [2.45, 2.75) is 181 Å². The molecule has 0 spiro atoms. The van der Waals surface area contributed by atoms with E-state index in [4.69, 9.17) is 11.5 Å². The lowest BCUT2D eigenvalue weighted by atomic mass is 9.97. The number of nitrogens with two attached hydrogens (primary N) is 2. The topological polar surface area (TPSA) is 380 Å². The molecule has 0 aromatic carbocycles. The number of hydrogen-bond acceptors (Lipinski definition) is 14. The minimum Gasteiger partial charge on any atom is -0.481 e. The van der Waals surface area contributed by atoms with E-state index < -0.39 is 150 Å². The molecule has 15 N–H and O–H groups in total. The predicted octanol–water partition coefficient (Wildman–Crippen LogP) is -1.60. The van der Waals surface area contributed by atoms with Crippen molar-refractivity contribution in [2.24, 2.45) is 35.1 Å². The Balaban J connectivity index is 6.29. The van der Waals surface area contributed by atoms with E-state index in [1.807, 2.05) is 6.92 Å². The van der Waals surface area contributed by atoms with Gasteiger partial charge in [0, 0.05) is 12.2 Å². The average Bonchev–Trinajstić information content (AvgIpc) is 3.28. The summed E-state index contributed by atoms with van der Waals surface area (Å²) in [5, 5.41) is 49.5. The Kier molecular flexibility index (Phi) is 29.5. The molecule has 0 fully saturated rings. The number of aliphatic hydroxyl groups is 1. The third-order valence-electron chi connectivity index (χ3n) is 11.9. The fourth-order valence-electron chi connectivity index (χ4n) is 6.53. The molecule has 0 aliphatic heterocycles. The summed E-state index contributed by atoms with van der Waals surface area (Å²) in [4.78, 5) is 131. The first-order valence-electron chi connectivity index (χ1n) is 23.3. The lowest BCUT2D eigenvalue weighted by Crippen LogP contribution is -2.62. The Morgan fingerprint density at radius 2 is 0.926 bits per heavy atom. The van der Waals surface area contributed by atoms with E-state index in [-0.39, 0.29) is 24.6 Å². The van der Waals surface area contributed by atoms with E-state index in [0.717, 1.165) is 0 Å². The number of hydrogen-bond donors (Lipinski definition) is 14. The second-order valence-electron chi connectivity index (χ2n) is 17.8. The predicted molar refractivity (Wildman–Crippen MR) is 255 cm³/mol. The van der Waals surface area contributed by atoms with E-state index in [0.29, 0.717) is 32.1 Å². The average molecular weight is 989 g/mol. The maximum Gasteiger partial charge on any atom is 0.326 e. The SMILES string of the molecule is CC[C@H](C)[C@H](N)C(=O)N[C@H](C(=O)N[C@@H](CS)C(=O)N[C@@H](CCC(=O)O)C(=O)N[C@@H](C)C(=O)N[C@H](C(=O)N[C@@H](CCCCN)C(=O)N[C@H](C(=O)N[C@H](C(=O)O)[C@@H](C)CC)[C@@H](C)O)[C@@H](C)CC)C(C)C. The summed E-state index contributed by atoms with van der Waals surface area (Å²) < 4.78 is 0. The van der Waals surface area contributed by atoms with Gasteiger partial charge in [-0.05, 0) is 69.7 Å². The number of carboxylic acids is 2. The number of nitrogens with one attached hydrogen (secondary N) is 8. The Morgan fingerprint density at radius 1 is 0.500 bits per heavy atom. The van der Waals surface area contributed by atoms with E-state index in [9.17, 15) is 63.3 Å². The van der Waals surface area contributed by atoms with Crippen LogP contribution in [0.3, 0.4) is 0 Å². The molecule has 0 saturated carbocycles. The number of amides is 8. The van der Waals surface area contributed by atoms with Crippen LogP contribution in [0.4, 0.5) is 0 Å². The molecule has 390 valence electrons. The molecule has 0 bridgehead atoms. The molecule has 0 aliphatic rings. The maximum atomic E-state index is 13.9. The van der Waals surface area contributed by atoms with E-state index >= 15 is 0 Å². The second-order valence-corrected chi connectivity index (χ2v) is 18.1. The standard InChI is InChI=1S/C44H80N10O13S/c1-11-22(6)31(46)40(62)51-32(21(4)5)41(63)50-29(20-68)39(61)48-28(17-18-30(56)57)37(59)47-25(9)36(58)52-33(23(7)12-2)42(64)49-27(16-14-15-19-45)38(60)54-35(26(10)55)43(65)53-34(44(66)67)24(8)13-3/h21-29,31-35,55,68H,11-20,45-46H2,1-10H3,(H,47,59)(H,48,61)(H,49,64)(H,50,63)(H,51,62)(H,52,58)(H,53,65)(H,54,60)(H,56,57)(H,66,67)/t22-,23-,24-,25-,26+,27-,28-,29-,31-,32-,33-,34-,35-/m0/s1. The van der Waals surface area contributed by atoms with Crippen LogP contribution >= 0.6 is 12.6 Å². The van der Waals surface area contributed by atoms with Gasteiger partial charge in [-0.3, -0.25) is 43.2 Å². The number of aliphatic hydroxyl groups excluding tert-OH is 1. The van der Waals surface area contributed by atoms with Gasteiger partial charge < -0.3 is 69.3 Å². The molecule has 0 aliphatic carbocycles. The molecule has 0 rings (SSSR count). The number of aliphatic carboxylic acids is 2. The van der Waals surface area contributed by atoms with Crippen LogP contribution in [0.2, 0.25) is 0 Å². The third-order valence-corrected chi connectivity index (χ3v) is 12.2. The van der Waals surface area contributed by atoms with Gasteiger partial charge in [0.15, 0.2) is 0 Å². The van der Waals surface area contributed by atoms with E-state index in [1.165, 1.54) is 13.8 Å². The quantitative estimate of drug-likeness (QED) is 0.0260. The monoisotopic (exact) mass is 989 g/mol. The molecular weight excluding hydrogens is 909 g/mol. The first kappa shape index (κ1) is 62.9. The highest BCUT2D eigenvalue weighted by Crippen LogP contribution is 2.13. The first-order chi connectivity index (χ1) is 31.7. The van der Waals surface area contributed by atoms with Gasteiger partial charge in [0.25, 0.3) is 0 Å². The maximum absolute atomic E-state index is 13.9. The zero-order chi connectivity index (χ0) is 52.6. The van der Waals surface area contributed by atoms with Crippen LogP contribution in [0, 0.1) is 23.7 Å². The highest BCUT2D eigenvalue weighted by molar-refractivity contribution is 7.80. The van der Waals surface area contributed by atoms with Crippen LogP contribution in [-0.2, 0) is 47.9 Å². The van der Waals surface area contributed by atoms with Gasteiger partial charge in [0.05, 0.1) is 12.1 Å². The number of carbonyl (C=O) groups is 10. The third kappa shape index (κ3) is 21.5. The van der Waals surface area contributed by atoms with Gasteiger partial charge in [0.2, 0.25) is 47.3 Å². The molecule has 0 saturated heterocycles. The molecule has 0 aromatic rings. The van der Waals surface area contributed by atoms with Crippen molar-refractivity contribution >= 4 is 71.8 Å². The minimum absolute atomic E-state index is 0.0182. The molecule has 0 radical (unpaired) electrons. The normalized spacial score (nSPS) is 17.0. The fourth-order valence-corrected chi connectivity index (χ4v) is 6.79. The molecule has 23 nitrogen and oxygen atoms in total. The van der Waals surface area contributed by atoms with Crippen molar-refractivity contribution in [3.05, 3.63) is 0 Å². The second kappa shape index (κ2) is 31.9. The van der Waals surface area contributed by atoms with Gasteiger partial charge >= 0.3 is 11.9 Å². The first-order valence-corrected chi connectivity index (χ1v) is 24.0. The van der Waals surface area contributed by atoms with Gasteiger partial charge in [0.1, 0.15) is 48.3 Å². The van der Waals surface area contributed by atoms with Gasteiger partial charge in [-0.1, -0.05) is 74.7 Å². The zero-order valence-corrected chi connectivity index (χ0v) is 42.1. The van der Waals surface area contributed by atoms with E-state index in [1.54, 1.807) is 48.5 Å². The van der Waals surface area contributed by atoms with Gasteiger partial charge in [-0.2, -0.15) is 12.6 Å². The number of thiol groups is 1. The summed E-state index contributed by atoms with van der Waals surface area (Å²) in [5.74, 6) is -11.3. The molecule has 0 unspecified atom stereocenters. The Hall–Kier alpha value is -5.07. The minimum atomic E-state index is -1.61. The largest absolute Gasteiger partial charge is 0.481 e. The summed E-state index contributed by atoms with van der Waals surface area (Å²) >= 11 is 4.18. The molecule has 8 amide bonds. The molecule has 68 heavy (non-hydrogen) atoms. The number of carbonyl (C=O) groups excluding carboxylic acids is 8. The van der Waals surface area contributed by atoms with Crippen molar-refractivity contribution in [1.29, 1.82) is 0 Å². The molecular formula is C44H80N10O13S. The van der Waals surface area contributed by atoms with Crippen LogP contribution in [0.5, 0.6) is 0 Å².